The van der Waals surface area contributed by atoms with Gasteiger partial charge in [0.25, 0.3) is 0 Å². The van der Waals surface area contributed by atoms with E-state index in [1.165, 1.54) is 0 Å². The van der Waals surface area contributed by atoms with Crippen molar-refractivity contribution in [1.29, 1.82) is 0 Å². The highest BCUT2D eigenvalue weighted by Gasteiger charge is 2.37. The van der Waals surface area contributed by atoms with Gasteiger partial charge in [0.2, 0.25) is 17.7 Å². The quantitative estimate of drug-likeness (QED) is 0.0827. The number of unbranched alkanes of at least 4 members (excludes halogenated alkanes) is 1. The van der Waals surface area contributed by atoms with Gasteiger partial charge in [-0.15, -0.1) is 0 Å². The van der Waals surface area contributed by atoms with Crippen LogP contribution in [-0.2, 0) is 25.6 Å². The number of fused-ring (bicyclic) bond motifs is 8. The SMILES string of the molecule is C=Cc1c(C)c2cc3nc(c(C(=O)O)c4nc(cc5[nH]c(cc1[nH]2)c(C)c5CC)C(C)=C4C(=O)O)[C@@H](CCC(=O)NCCCCC(N)C(=O)NC(=O)C(N)CCCN)[C@@H]3C. The van der Waals surface area contributed by atoms with Gasteiger partial charge in [0, 0.05) is 58.1 Å². The number of aromatic amines is 2. The van der Waals surface area contributed by atoms with Gasteiger partial charge in [-0.3, -0.25) is 24.7 Å². The summed E-state index contributed by atoms with van der Waals surface area (Å²) in [6.45, 7) is 14.3. The zero-order valence-corrected chi connectivity index (χ0v) is 35.0. The van der Waals surface area contributed by atoms with Crippen molar-refractivity contribution in [3.63, 3.8) is 0 Å². The van der Waals surface area contributed by atoms with Gasteiger partial charge in [0.1, 0.15) is 5.56 Å². The van der Waals surface area contributed by atoms with E-state index in [9.17, 15) is 34.2 Å². The van der Waals surface area contributed by atoms with Crippen LogP contribution >= 0.6 is 0 Å². The molecule has 0 spiro atoms. The van der Waals surface area contributed by atoms with E-state index in [-0.39, 0.29) is 53.6 Å². The van der Waals surface area contributed by atoms with Crippen LogP contribution < -0.4 is 27.8 Å². The molecule has 0 aliphatic carbocycles. The number of aromatic nitrogens is 4. The highest BCUT2D eigenvalue weighted by Crippen LogP contribution is 2.43. The first-order valence-corrected chi connectivity index (χ1v) is 20.4. The van der Waals surface area contributed by atoms with Crippen LogP contribution in [-0.4, -0.2) is 85.0 Å². The molecule has 5 rings (SSSR count). The Morgan fingerprint density at radius 1 is 0.883 bits per heavy atom. The summed E-state index contributed by atoms with van der Waals surface area (Å²) in [7, 11) is 0. The number of rotatable bonds is 17. The number of imide groups is 1. The van der Waals surface area contributed by atoms with E-state index in [2.05, 4.69) is 27.2 Å². The molecule has 3 aromatic rings. The molecule has 0 saturated heterocycles. The molecule has 8 bridgehead atoms. The zero-order chi connectivity index (χ0) is 44.0. The van der Waals surface area contributed by atoms with Gasteiger partial charge in [-0.2, -0.15) is 0 Å². The minimum atomic E-state index is -1.39. The molecule has 5 heterocycles. The molecule has 2 aliphatic heterocycles. The summed E-state index contributed by atoms with van der Waals surface area (Å²) >= 11 is 0. The minimum absolute atomic E-state index is 0.0241. The first-order valence-electron chi connectivity index (χ1n) is 20.4. The molecule has 3 amide bonds. The molecule has 16 heteroatoms. The lowest BCUT2D eigenvalue weighted by Gasteiger charge is -2.17. The zero-order valence-electron chi connectivity index (χ0n) is 35.0. The Hall–Kier alpha value is -5.97. The topological polar surface area (TPSA) is 285 Å². The Balaban J connectivity index is 1.46. The summed E-state index contributed by atoms with van der Waals surface area (Å²) in [5.41, 5.74) is 24.8. The summed E-state index contributed by atoms with van der Waals surface area (Å²) in [5, 5.41) is 26.4. The molecule has 3 aromatic heterocycles. The van der Waals surface area contributed by atoms with E-state index in [4.69, 9.17) is 27.2 Å². The van der Waals surface area contributed by atoms with Crippen LogP contribution in [0.15, 0.2) is 24.8 Å². The number of H-pyrrole nitrogens is 2. The van der Waals surface area contributed by atoms with Gasteiger partial charge in [-0.1, -0.05) is 26.5 Å². The van der Waals surface area contributed by atoms with Crippen molar-refractivity contribution < 1.29 is 34.2 Å². The molecule has 0 aromatic carbocycles. The smallest absolute Gasteiger partial charge is 0.339 e. The highest BCUT2D eigenvalue weighted by atomic mass is 16.4. The van der Waals surface area contributed by atoms with E-state index in [0.717, 1.165) is 44.3 Å². The lowest BCUT2D eigenvalue weighted by molar-refractivity contribution is -0.132. The number of carbonyl (C=O) groups excluding carboxylic acids is 3. The molecular formula is C44H57N9O7. The number of nitrogens with one attached hydrogen (secondary N) is 4. The fourth-order valence-electron chi connectivity index (χ4n) is 8.04. The first-order chi connectivity index (χ1) is 28.5. The van der Waals surface area contributed by atoms with Gasteiger partial charge in [-0.05, 0) is 113 Å². The number of hydrogen-bond acceptors (Lipinski definition) is 10. The first kappa shape index (κ1) is 45.1. The number of nitrogens with two attached hydrogens (primary N) is 3. The number of carboxylic acid groups (broad SMARTS) is 2. The summed E-state index contributed by atoms with van der Waals surface area (Å²) in [6.07, 6.45) is 4.88. The molecule has 0 fully saturated rings. The highest BCUT2D eigenvalue weighted by molar-refractivity contribution is 6.26. The molecule has 2 aliphatic rings. The third-order valence-corrected chi connectivity index (χ3v) is 11.6. The molecular weight excluding hydrogens is 767 g/mol. The van der Waals surface area contributed by atoms with Crippen LogP contribution in [0.25, 0.3) is 39.3 Å². The van der Waals surface area contributed by atoms with E-state index in [1.807, 2.05) is 39.8 Å². The van der Waals surface area contributed by atoms with E-state index >= 15 is 0 Å². The molecule has 12 N–H and O–H groups in total. The van der Waals surface area contributed by atoms with Crippen LogP contribution in [0.1, 0.15) is 133 Å². The largest absolute Gasteiger partial charge is 0.478 e. The van der Waals surface area contributed by atoms with Crippen molar-refractivity contribution in [3.8, 4) is 0 Å². The summed E-state index contributed by atoms with van der Waals surface area (Å²) in [4.78, 5) is 80.5. The van der Waals surface area contributed by atoms with Crippen LogP contribution in [0, 0.1) is 13.8 Å². The normalized spacial score (nSPS) is 16.0. The molecule has 16 nitrogen and oxygen atoms in total. The van der Waals surface area contributed by atoms with E-state index in [0.29, 0.717) is 62.2 Å². The average molecular weight is 824 g/mol. The Kier molecular flexibility index (Phi) is 14.6. The minimum Gasteiger partial charge on any atom is -0.478 e. The van der Waals surface area contributed by atoms with Crippen LogP contribution in [0.2, 0.25) is 0 Å². The predicted molar refractivity (Wildman–Crippen MR) is 232 cm³/mol. The number of aryl methyl sites for hydroxylation is 3. The average Bonchev–Trinajstić information content (AvgIpc) is 3.88. The van der Waals surface area contributed by atoms with Crippen LogP contribution in [0.3, 0.4) is 0 Å². The number of amides is 3. The second-order valence-electron chi connectivity index (χ2n) is 15.6. The molecule has 0 radical (unpaired) electrons. The number of aliphatic carboxylic acids is 1. The van der Waals surface area contributed by atoms with Crippen molar-refractivity contribution in [2.24, 2.45) is 17.2 Å². The van der Waals surface area contributed by atoms with Gasteiger partial charge in [0.15, 0.2) is 0 Å². The number of nitrogens with zero attached hydrogens (tertiary/aromatic N) is 2. The third kappa shape index (κ3) is 9.56. The monoisotopic (exact) mass is 823 g/mol. The van der Waals surface area contributed by atoms with Crippen molar-refractivity contribution in [3.05, 3.63) is 75.4 Å². The van der Waals surface area contributed by atoms with Crippen LogP contribution in [0.5, 0.6) is 0 Å². The summed E-state index contributed by atoms with van der Waals surface area (Å²) < 4.78 is 0. The molecule has 60 heavy (non-hydrogen) atoms. The second-order valence-corrected chi connectivity index (χ2v) is 15.6. The Bertz CT molecular complexity index is 2410. The third-order valence-electron chi connectivity index (χ3n) is 11.6. The maximum absolute atomic E-state index is 13.3. The van der Waals surface area contributed by atoms with Crippen molar-refractivity contribution in [1.82, 2.24) is 30.6 Å². The molecule has 320 valence electrons. The van der Waals surface area contributed by atoms with Gasteiger partial charge >= 0.3 is 11.9 Å². The summed E-state index contributed by atoms with van der Waals surface area (Å²) in [6, 6.07) is 3.87. The second kappa shape index (κ2) is 19.4. The summed E-state index contributed by atoms with van der Waals surface area (Å²) in [5.74, 6) is -5.16. The fraction of sp³-hybridized carbons (Fsp3) is 0.432. The molecule has 0 saturated carbocycles. The number of carbonyl (C=O) groups is 5. The fourth-order valence-corrected chi connectivity index (χ4v) is 8.04. The van der Waals surface area contributed by atoms with Gasteiger partial charge in [0.05, 0.1) is 34.7 Å². The Labute approximate surface area is 348 Å². The lowest BCUT2D eigenvalue weighted by atomic mass is 9.85. The van der Waals surface area contributed by atoms with Crippen molar-refractivity contribution in [2.75, 3.05) is 13.1 Å². The number of hydrogen-bond donors (Lipinski definition) is 9. The van der Waals surface area contributed by atoms with Gasteiger partial charge < -0.3 is 42.7 Å². The maximum Gasteiger partial charge on any atom is 0.339 e. The number of carboxylic acids is 2. The number of allylic oxidation sites excluding steroid dienone is 1. The predicted octanol–water partition coefficient (Wildman–Crippen LogP) is 4.84. The van der Waals surface area contributed by atoms with E-state index in [1.54, 1.807) is 19.1 Å². The number of aromatic carboxylic acids is 1. The maximum atomic E-state index is 13.3. The Morgan fingerprint density at radius 2 is 1.53 bits per heavy atom. The van der Waals surface area contributed by atoms with Crippen LogP contribution in [0.4, 0.5) is 0 Å². The van der Waals surface area contributed by atoms with Crippen molar-refractivity contribution >= 4 is 68.9 Å². The lowest BCUT2D eigenvalue weighted by Crippen LogP contribution is -2.49. The standard InChI is InChI=1S/C44H57N9O7/c1-7-25-21(3)30-18-32-23(5)27(14-15-36(54)48-17-10-9-12-28(46)41(55)53-42(56)29(47)13-11-16-45)39(51-32)38(44(59)60)40-37(43(57)58)24(6)33(52-40)20-35-26(8-2)22(4)31(50-35)19-34(25)49-30/h7,18-20,23,27-29,49-50H,1,8-17,45-47H2,2-6H3,(H,48,54)(H,57,58)(H,59,60)(H,53,55,56)/t23-,27-,28?,29?/m0/s1. The Morgan fingerprint density at radius 3 is 2.15 bits per heavy atom. The molecule has 2 unspecified atom stereocenters. The molecule has 4 atom stereocenters. The van der Waals surface area contributed by atoms with Crippen molar-refractivity contribution in [2.45, 2.75) is 110 Å². The van der Waals surface area contributed by atoms with Gasteiger partial charge in [-0.25, -0.2) is 14.6 Å². The van der Waals surface area contributed by atoms with E-state index < -0.39 is 41.8 Å².